The van der Waals surface area contributed by atoms with Gasteiger partial charge in [0.05, 0.1) is 29.7 Å². The van der Waals surface area contributed by atoms with E-state index in [9.17, 15) is 39.6 Å². The van der Waals surface area contributed by atoms with Crippen molar-refractivity contribution < 1.29 is 112 Å². The average Bonchev–Trinajstić information content (AvgIpc) is 3.36. The summed E-state index contributed by atoms with van der Waals surface area (Å²) in [5.74, 6) is -5.32. The van der Waals surface area contributed by atoms with Gasteiger partial charge >= 0.3 is 24.0 Å². The molecule has 0 spiro atoms. The number of Topliss-reactive ketones (excluding diaryl/α,β-unsaturated/α-hetero) is 1. The first kappa shape index (κ1) is 62.3. The molecule has 15 nitrogen and oxygen atoms in total. The summed E-state index contributed by atoms with van der Waals surface area (Å²) in [6.07, 6.45) is 13.8. The molecular weight excluding hydrogens is 1190 g/mol. The van der Waals surface area contributed by atoms with Crippen LogP contribution in [0.15, 0.2) is 133 Å². The molecule has 5 N–H and O–H groups in total. The number of rotatable bonds is 20. The Morgan fingerprint density at radius 1 is 0.816 bits per heavy atom. The fourth-order valence-corrected chi connectivity index (χ4v) is 11.1. The molecule has 1 heterocycles. The number of hydrogen-bond donors (Lipinski definition) is 5. The Hall–Kier alpha value is -4.53. The van der Waals surface area contributed by atoms with E-state index in [2.05, 4.69) is 54.8 Å². The number of esters is 3. The number of fused-ring (bicyclic) bond motifs is 5. The zero-order chi connectivity index (χ0) is 54.8. The van der Waals surface area contributed by atoms with Crippen molar-refractivity contribution in [1.82, 2.24) is 5.32 Å². The number of aliphatic hydroxyl groups is 4. The SMILES string of the molecule is CC/C=C\C/C=C\C/C=C\C/C=C\C/C=C\CCC(=O)OC1CC2OCC2(O)C2C(OC(=O)c3ccccc3)C3(O)CC(OC(=O)C(O)C(NC(=O)OC(C)(C)C)c4ccccc4)C(C)=C(C(O)C(=O)C12C)C3(C)C.[Ac]. The van der Waals surface area contributed by atoms with Crippen molar-refractivity contribution >= 4 is 29.8 Å². The number of ether oxygens (including phenoxy) is 5. The van der Waals surface area contributed by atoms with Crippen LogP contribution in [0.1, 0.15) is 135 Å². The predicted octanol–water partition coefficient (Wildman–Crippen LogP) is 8.77. The van der Waals surface area contributed by atoms with E-state index >= 15 is 4.79 Å². The average molecular weight is 1260 g/mol. The van der Waals surface area contributed by atoms with E-state index in [-0.39, 0.29) is 80.2 Å². The normalized spacial score (nSPS) is 28.9. The van der Waals surface area contributed by atoms with Crippen LogP contribution in [-0.2, 0) is 38.1 Å². The Morgan fingerprint density at radius 3 is 1.91 bits per heavy atom. The van der Waals surface area contributed by atoms with Crippen LogP contribution >= 0.6 is 0 Å². The summed E-state index contributed by atoms with van der Waals surface area (Å²) in [5.41, 5.74) is -8.50. The number of carbonyl (C=O) groups excluding carboxylic acids is 5. The fraction of sp³-hybridized carbons (Fsp3) is 0.517. The second-order valence-electron chi connectivity index (χ2n) is 21.7. The third-order valence-corrected chi connectivity index (χ3v) is 15.2. The molecule has 409 valence electrons. The van der Waals surface area contributed by atoms with Gasteiger partial charge in [-0.05, 0) is 102 Å². The third kappa shape index (κ3) is 14.0. The molecule has 11 atom stereocenters. The van der Waals surface area contributed by atoms with Gasteiger partial charge in [0, 0.05) is 74.7 Å². The Kier molecular flexibility index (Phi) is 22.0. The van der Waals surface area contributed by atoms with Gasteiger partial charge in [0.2, 0.25) is 0 Å². The second-order valence-corrected chi connectivity index (χ2v) is 21.7. The summed E-state index contributed by atoms with van der Waals surface area (Å²) in [6.45, 7) is 12.8. The van der Waals surface area contributed by atoms with Gasteiger partial charge in [0.1, 0.15) is 41.2 Å². The van der Waals surface area contributed by atoms with Crippen LogP contribution in [0.25, 0.3) is 0 Å². The summed E-state index contributed by atoms with van der Waals surface area (Å²) in [7, 11) is 0. The van der Waals surface area contributed by atoms with E-state index in [4.69, 9.17) is 23.7 Å². The molecule has 3 fully saturated rings. The first-order chi connectivity index (χ1) is 35.5. The van der Waals surface area contributed by atoms with Crippen LogP contribution < -0.4 is 5.32 Å². The molecule has 76 heavy (non-hydrogen) atoms. The number of ketones is 1. The number of alkyl carbamates (subject to hydrolysis) is 1. The number of amides is 1. The first-order valence-electron chi connectivity index (χ1n) is 26.1. The fourth-order valence-electron chi connectivity index (χ4n) is 11.1. The quantitative estimate of drug-likeness (QED) is 0.0475. The molecule has 1 saturated heterocycles. The summed E-state index contributed by atoms with van der Waals surface area (Å²) in [4.78, 5) is 71.1. The van der Waals surface area contributed by atoms with E-state index in [1.54, 1.807) is 83.1 Å². The van der Waals surface area contributed by atoms with Crippen LogP contribution in [0, 0.1) is 60.8 Å². The molecule has 1 aliphatic heterocycles. The Bertz CT molecular complexity index is 2530. The van der Waals surface area contributed by atoms with Crippen molar-refractivity contribution in [2.45, 2.75) is 173 Å². The van der Waals surface area contributed by atoms with Crippen molar-refractivity contribution in [3.8, 4) is 0 Å². The molecule has 0 aromatic heterocycles. The number of carbonyl (C=O) groups is 5. The molecule has 6 rings (SSSR count). The molecule has 2 aromatic rings. The van der Waals surface area contributed by atoms with Crippen molar-refractivity contribution in [3.63, 3.8) is 0 Å². The van der Waals surface area contributed by atoms with Crippen molar-refractivity contribution in [3.05, 3.63) is 144 Å². The Balaban J connectivity index is 0.0000107. The number of nitrogens with one attached hydrogen (secondary N) is 1. The van der Waals surface area contributed by atoms with Gasteiger partial charge in [-0.25, -0.2) is 14.4 Å². The topological polar surface area (TPSA) is 224 Å². The smallest absolute Gasteiger partial charge is 0.408 e. The third-order valence-electron chi connectivity index (χ3n) is 15.2. The predicted molar refractivity (Wildman–Crippen MR) is 282 cm³/mol. The van der Waals surface area contributed by atoms with Crippen LogP contribution in [0.3, 0.4) is 0 Å². The maximum atomic E-state index is 15.5. The van der Waals surface area contributed by atoms with E-state index < -0.39 is 112 Å². The van der Waals surface area contributed by atoms with Gasteiger partial charge in [-0.3, -0.25) is 9.59 Å². The number of benzene rings is 2. The van der Waals surface area contributed by atoms with Crippen LogP contribution in [0.2, 0.25) is 0 Å². The van der Waals surface area contributed by atoms with Crippen molar-refractivity contribution in [2.24, 2.45) is 16.7 Å². The van der Waals surface area contributed by atoms with Gasteiger partial charge in [0.25, 0.3) is 0 Å². The van der Waals surface area contributed by atoms with Crippen LogP contribution in [0.4, 0.5) is 4.79 Å². The van der Waals surface area contributed by atoms with Crippen molar-refractivity contribution in [2.75, 3.05) is 6.61 Å². The largest absolute Gasteiger partial charge is 0.461 e. The minimum atomic E-state index is -2.39. The standard InChI is InChI=1S/C60H77NO14.Ac/c1-9-10-11-12-13-14-15-16-17-18-19-20-21-22-23-30-35-45(62)73-43-36-44-59(69,38-71-44)50-52(74-53(66)41-33-28-25-29-34-41)60(70)37-42(39(2)46(57(60,6)7)48(63)51(65)58(43,50)8)72-54(67)49(64)47(40-31-26-24-27-32-40)61-55(68)75-56(3,4)5;/h10-11,13-14,16-17,19-20,22-29,31-34,42-44,47-50,52,63-64,69-70H,9,12,15,18,21,30,35-38H2,1-8H3,(H,61,68);/b11-10-,14-13-,17-16-,20-19-,23-22-;. The van der Waals surface area contributed by atoms with E-state index in [0.29, 0.717) is 18.4 Å². The Labute approximate surface area is 483 Å². The second kappa shape index (κ2) is 26.9. The van der Waals surface area contributed by atoms with Crippen molar-refractivity contribution in [1.29, 1.82) is 0 Å². The molecule has 2 aromatic carbocycles. The Morgan fingerprint density at radius 2 is 1.37 bits per heavy atom. The monoisotopic (exact) mass is 1260 g/mol. The molecule has 16 heteroatoms. The number of aliphatic hydroxyl groups excluding tert-OH is 2. The van der Waals surface area contributed by atoms with Gasteiger partial charge < -0.3 is 49.4 Å². The van der Waals surface area contributed by atoms with Gasteiger partial charge in [-0.1, -0.05) is 130 Å². The van der Waals surface area contributed by atoms with Gasteiger partial charge in [-0.15, -0.1) is 0 Å². The van der Waals surface area contributed by atoms with Crippen LogP contribution in [0.5, 0.6) is 0 Å². The zero-order valence-electron chi connectivity index (χ0n) is 45.2. The summed E-state index contributed by atoms with van der Waals surface area (Å²) in [6, 6.07) is 14.7. The molecule has 1 radical (unpaired) electrons. The van der Waals surface area contributed by atoms with E-state index in [1.807, 2.05) is 18.2 Å². The summed E-state index contributed by atoms with van der Waals surface area (Å²) >= 11 is 0. The molecular formula is C60H77AcNO14. The van der Waals surface area contributed by atoms with E-state index in [1.165, 1.54) is 26.0 Å². The molecule has 2 saturated carbocycles. The summed E-state index contributed by atoms with van der Waals surface area (Å²) in [5, 5.41) is 53.3. The number of hydrogen-bond acceptors (Lipinski definition) is 14. The molecule has 11 unspecified atom stereocenters. The first-order valence-corrected chi connectivity index (χ1v) is 26.1. The van der Waals surface area contributed by atoms with E-state index in [0.717, 1.165) is 25.7 Å². The molecule has 3 aliphatic carbocycles. The maximum absolute atomic E-state index is 15.5. The zero-order valence-corrected chi connectivity index (χ0v) is 49.9. The minimum Gasteiger partial charge on any atom is -0.461 e. The molecule has 2 bridgehead atoms. The van der Waals surface area contributed by atoms with Gasteiger partial charge in [-0.2, -0.15) is 0 Å². The molecule has 4 aliphatic rings. The summed E-state index contributed by atoms with van der Waals surface area (Å²) < 4.78 is 30.0. The molecule has 1 amide bonds. The number of allylic oxidation sites excluding steroid dienone is 10. The van der Waals surface area contributed by atoms with Crippen LogP contribution in [-0.4, -0.2) is 110 Å². The maximum Gasteiger partial charge on any atom is 0.408 e. The van der Waals surface area contributed by atoms with Gasteiger partial charge in [0.15, 0.2) is 11.9 Å². The minimum absolute atomic E-state index is 0.